The van der Waals surface area contributed by atoms with E-state index in [1.54, 1.807) is 6.92 Å². The first kappa shape index (κ1) is 12.1. The van der Waals surface area contributed by atoms with Crippen LogP contribution in [0.15, 0.2) is 38.9 Å². The lowest BCUT2D eigenvalue weighted by atomic mass is 10.2. The quantitative estimate of drug-likeness (QED) is 0.484. The zero-order valence-corrected chi connectivity index (χ0v) is 11.2. The monoisotopic (exact) mass is 264 g/mol. The lowest BCUT2D eigenvalue weighted by molar-refractivity contribution is 1.04. The summed E-state index contributed by atoms with van der Waals surface area (Å²) in [5, 5.41) is 0. The summed E-state index contributed by atoms with van der Waals surface area (Å²) in [6.45, 7) is 3.93. The van der Waals surface area contributed by atoms with E-state index >= 15 is 0 Å². The van der Waals surface area contributed by atoms with Gasteiger partial charge in [-0.3, -0.25) is 9.78 Å². The predicted octanol–water partition coefficient (Wildman–Crippen LogP) is 3.20. The topological polar surface area (TPSA) is 48.6 Å². The Morgan fingerprint density at radius 3 is 2.53 bits per heavy atom. The van der Waals surface area contributed by atoms with Gasteiger partial charge in [-0.25, -0.2) is 0 Å². The highest BCUT2D eigenvalue weighted by Gasteiger charge is 2.18. The third kappa shape index (κ3) is 3.31. The molecule has 0 amide bonds. The summed E-state index contributed by atoms with van der Waals surface area (Å²) in [6, 6.07) is 7.87. The normalized spacial score (nSPS) is 11.2. The molecular formula is C12H12N2OS2. The van der Waals surface area contributed by atoms with Crippen LogP contribution in [0.3, 0.4) is 0 Å². The Balaban J connectivity index is 0.000000127. The molecule has 1 aliphatic heterocycles. The Hall–Kier alpha value is -1.33. The Morgan fingerprint density at radius 2 is 2.00 bits per heavy atom. The van der Waals surface area contributed by atoms with Crippen LogP contribution in [0.4, 0.5) is 0 Å². The maximum absolute atomic E-state index is 10.6. The molecule has 0 fully saturated rings. The van der Waals surface area contributed by atoms with Crippen molar-refractivity contribution < 1.29 is 0 Å². The van der Waals surface area contributed by atoms with E-state index < -0.39 is 0 Å². The molecular weight excluding hydrogens is 252 g/mol. The molecule has 0 bridgehead atoms. The van der Waals surface area contributed by atoms with E-state index in [4.69, 9.17) is 0 Å². The summed E-state index contributed by atoms with van der Waals surface area (Å²) in [7, 11) is 0. The Labute approximate surface area is 108 Å². The fourth-order valence-electron chi connectivity index (χ4n) is 1.42. The molecule has 0 saturated carbocycles. The van der Waals surface area contributed by atoms with Crippen molar-refractivity contribution in [3.05, 3.63) is 50.6 Å². The minimum atomic E-state index is -0.156. The van der Waals surface area contributed by atoms with Gasteiger partial charge in [0, 0.05) is 21.6 Å². The number of nitrogens with one attached hydrogen (secondary N) is 2. The Bertz CT molecular complexity index is 630. The molecule has 2 heterocycles. The predicted molar refractivity (Wildman–Crippen MR) is 72.3 cm³/mol. The third-order valence-corrected chi connectivity index (χ3v) is 3.55. The number of H-pyrrole nitrogens is 2. The van der Waals surface area contributed by atoms with E-state index in [1.807, 2.05) is 11.8 Å². The molecule has 0 unspecified atom stereocenters. The molecule has 0 atom stereocenters. The van der Waals surface area contributed by atoms with Gasteiger partial charge in [-0.05, 0) is 37.7 Å². The molecule has 3 nitrogen and oxygen atoms in total. The van der Waals surface area contributed by atoms with Crippen LogP contribution in [0.2, 0.25) is 0 Å². The smallest absolute Gasteiger partial charge is 0.251 e. The van der Waals surface area contributed by atoms with Crippen LogP contribution < -0.4 is 5.56 Å². The standard InChI is InChI=1S/C7H6S.C5H6N2OS/c1-5-3-2-4-6-7(5)8-6;1-3-2-4(8)7-5(9)6-3/h2-4H,1H3;2H,1H3,(H2,6,7,8,9). The number of fused-ring (bicyclic) bond motifs is 1. The molecule has 0 spiro atoms. The molecule has 0 aliphatic carbocycles. The van der Waals surface area contributed by atoms with Crippen molar-refractivity contribution in [3.8, 4) is 0 Å². The number of benzene rings is 1. The van der Waals surface area contributed by atoms with E-state index in [-0.39, 0.29) is 5.56 Å². The van der Waals surface area contributed by atoms with Crippen molar-refractivity contribution in [1.82, 2.24) is 9.97 Å². The van der Waals surface area contributed by atoms with E-state index in [1.165, 1.54) is 21.4 Å². The maximum atomic E-state index is 10.6. The molecule has 2 aromatic rings. The molecule has 1 aromatic carbocycles. The highest BCUT2D eigenvalue weighted by atomic mass is 32.2. The van der Waals surface area contributed by atoms with Crippen molar-refractivity contribution >= 4 is 24.0 Å². The van der Waals surface area contributed by atoms with Gasteiger partial charge in [0.05, 0.1) is 0 Å². The molecule has 3 rings (SSSR count). The first-order valence-electron chi connectivity index (χ1n) is 5.14. The van der Waals surface area contributed by atoms with Gasteiger partial charge in [0.25, 0.3) is 5.56 Å². The average Bonchev–Trinajstić information content (AvgIpc) is 2.96. The van der Waals surface area contributed by atoms with Gasteiger partial charge in [0.15, 0.2) is 4.77 Å². The number of hydrogen-bond acceptors (Lipinski definition) is 3. The van der Waals surface area contributed by atoms with Crippen molar-refractivity contribution in [1.29, 1.82) is 0 Å². The molecule has 1 aromatic heterocycles. The van der Waals surface area contributed by atoms with Crippen LogP contribution in [-0.2, 0) is 0 Å². The van der Waals surface area contributed by atoms with Crippen molar-refractivity contribution in [2.45, 2.75) is 23.6 Å². The summed E-state index contributed by atoms with van der Waals surface area (Å²) >= 11 is 6.56. The number of rotatable bonds is 0. The zero-order valence-electron chi connectivity index (χ0n) is 9.53. The molecule has 17 heavy (non-hydrogen) atoms. The summed E-state index contributed by atoms with van der Waals surface area (Å²) < 4.78 is 0.375. The largest absolute Gasteiger partial charge is 0.336 e. The highest BCUT2D eigenvalue weighted by molar-refractivity contribution is 8.05. The summed E-state index contributed by atoms with van der Waals surface area (Å²) in [6.07, 6.45) is 0. The van der Waals surface area contributed by atoms with Gasteiger partial charge < -0.3 is 4.98 Å². The lowest BCUT2D eigenvalue weighted by Gasteiger charge is -1.87. The molecule has 1 aliphatic rings. The lowest BCUT2D eigenvalue weighted by Crippen LogP contribution is -2.05. The van der Waals surface area contributed by atoms with Gasteiger partial charge in [0.2, 0.25) is 0 Å². The fourth-order valence-corrected chi connectivity index (χ4v) is 2.45. The molecule has 0 saturated heterocycles. The van der Waals surface area contributed by atoms with E-state index in [2.05, 4.69) is 47.3 Å². The van der Waals surface area contributed by atoms with E-state index in [9.17, 15) is 4.79 Å². The van der Waals surface area contributed by atoms with Gasteiger partial charge >= 0.3 is 0 Å². The van der Waals surface area contributed by atoms with E-state index in [0.29, 0.717) is 4.77 Å². The maximum Gasteiger partial charge on any atom is 0.251 e. The Kier molecular flexibility index (Phi) is 3.49. The summed E-state index contributed by atoms with van der Waals surface area (Å²) in [4.78, 5) is 18.7. The second kappa shape index (κ2) is 4.89. The number of aromatic nitrogens is 2. The van der Waals surface area contributed by atoms with Crippen molar-refractivity contribution in [3.63, 3.8) is 0 Å². The first-order chi connectivity index (χ1) is 8.06. The van der Waals surface area contributed by atoms with E-state index in [0.717, 1.165) is 5.69 Å². The van der Waals surface area contributed by atoms with Crippen LogP contribution in [0, 0.1) is 18.6 Å². The fraction of sp³-hybridized carbons (Fsp3) is 0.167. The highest BCUT2D eigenvalue weighted by Crippen LogP contribution is 2.49. The summed E-state index contributed by atoms with van der Waals surface area (Å²) in [5.74, 6) is 0. The minimum Gasteiger partial charge on any atom is -0.336 e. The van der Waals surface area contributed by atoms with Crippen molar-refractivity contribution in [2.24, 2.45) is 0 Å². The summed E-state index contributed by atoms with van der Waals surface area (Å²) in [5.41, 5.74) is 2.05. The van der Waals surface area contributed by atoms with Crippen LogP contribution in [0.5, 0.6) is 0 Å². The number of aromatic amines is 2. The minimum absolute atomic E-state index is 0.156. The molecule has 88 valence electrons. The van der Waals surface area contributed by atoms with Gasteiger partial charge in [-0.2, -0.15) is 0 Å². The van der Waals surface area contributed by atoms with Crippen LogP contribution in [0.25, 0.3) is 0 Å². The molecule has 0 radical (unpaired) electrons. The number of hydrogen-bond donors (Lipinski definition) is 2. The SMILES string of the molecule is Cc1cc(=O)[nH]c(=S)[nH]1.Cc1cccc2c1S2. The Morgan fingerprint density at radius 1 is 1.24 bits per heavy atom. The van der Waals surface area contributed by atoms with Crippen LogP contribution in [0.1, 0.15) is 11.3 Å². The second-order valence-corrected chi connectivity index (χ2v) is 5.24. The molecule has 2 N–H and O–H groups in total. The van der Waals surface area contributed by atoms with Crippen molar-refractivity contribution in [2.75, 3.05) is 0 Å². The van der Waals surface area contributed by atoms with Gasteiger partial charge in [-0.1, -0.05) is 23.9 Å². The van der Waals surface area contributed by atoms with Gasteiger partial charge in [-0.15, -0.1) is 0 Å². The second-order valence-electron chi connectivity index (χ2n) is 3.77. The van der Waals surface area contributed by atoms with Gasteiger partial charge in [0.1, 0.15) is 0 Å². The van der Waals surface area contributed by atoms with Crippen LogP contribution >= 0.6 is 24.0 Å². The molecule has 5 heteroatoms. The third-order valence-electron chi connectivity index (χ3n) is 2.24. The zero-order chi connectivity index (χ0) is 12.4. The van der Waals surface area contributed by atoms with Crippen LogP contribution in [-0.4, -0.2) is 9.97 Å². The number of aryl methyl sites for hydroxylation is 2. The first-order valence-corrected chi connectivity index (χ1v) is 6.36. The average molecular weight is 264 g/mol.